The molecule has 2 N–H and O–H groups in total. The minimum absolute atomic E-state index is 0.0799. The minimum atomic E-state index is -0.0799. The summed E-state index contributed by atoms with van der Waals surface area (Å²) in [5.41, 5.74) is 0. The van der Waals surface area contributed by atoms with E-state index in [1.165, 1.54) is 6.42 Å². The van der Waals surface area contributed by atoms with Crippen LogP contribution >= 0.6 is 0 Å². The van der Waals surface area contributed by atoms with Crippen LogP contribution in [0.4, 0.5) is 0 Å². The summed E-state index contributed by atoms with van der Waals surface area (Å²) in [5.74, 6) is 0.424. The summed E-state index contributed by atoms with van der Waals surface area (Å²) in [6.07, 6.45) is 6.97. The average molecular weight is 295 g/mol. The highest BCUT2D eigenvalue weighted by Gasteiger charge is 2.26. The summed E-state index contributed by atoms with van der Waals surface area (Å²) >= 11 is 0. The van der Waals surface area contributed by atoms with Gasteiger partial charge in [0.2, 0.25) is 11.8 Å². The second-order valence-electron chi connectivity index (χ2n) is 6.60. The van der Waals surface area contributed by atoms with Crippen molar-refractivity contribution in [1.82, 2.24) is 15.5 Å². The van der Waals surface area contributed by atoms with Gasteiger partial charge in [0.05, 0.1) is 0 Å². The van der Waals surface area contributed by atoms with E-state index >= 15 is 0 Å². The molecule has 2 amide bonds. The second-order valence-corrected chi connectivity index (χ2v) is 6.60. The molecule has 2 fully saturated rings. The standard InChI is InChI=1S/C16H29N3O2/c1-12(18-16(21)13-6-4-3-5-7-13)10-15(20)19(2)14-8-9-17-11-14/h12-14,17H,3-11H2,1-2H3,(H,18,21). The molecule has 1 aliphatic carbocycles. The molecule has 1 heterocycles. The number of amides is 2. The van der Waals surface area contributed by atoms with Crippen molar-refractivity contribution in [3.05, 3.63) is 0 Å². The zero-order valence-corrected chi connectivity index (χ0v) is 13.4. The average Bonchev–Trinajstić information content (AvgIpc) is 3.01. The maximum absolute atomic E-state index is 12.2. The Morgan fingerprint density at radius 2 is 1.95 bits per heavy atom. The molecule has 1 aliphatic heterocycles. The predicted molar refractivity (Wildman–Crippen MR) is 82.8 cm³/mol. The first-order valence-corrected chi connectivity index (χ1v) is 8.34. The molecule has 5 heteroatoms. The fraction of sp³-hybridized carbons (Fsp3) is 0.875. The Bertz CT molecular complexity index is 361. The van der Waals surface area contributed by atoms with Crippen molar-refractivity contribution in [2.24, 2.45) is 5.92 Å². The van der Waals surface area contributed by atoms with Crippen LogP contribution in [0.25, 0.3) is 0 Å². The lowest BCUT2D eigenvalue weighted by molar-refractivity contribution is -0.132. The monoisotopic (exact) mass is 295 g/mol. The van der Waals surface area contributed by atoms with Gasteiger partial charge in [-0.1, -0.05) is 19.3 Å². The summed E-state index contributed by atoms with van der Waals surface area (Å²) < 4.78 is 0. The number of nitrogens with one attached hydrogen (secondary N) is 2. The van der Waals surface area contributed by atoms with Crippen molar-refractivity contribution in [2.45, 2.75) is 64.0 Å². The third-order valence-electron chi connectivity index (χ3n) is 4.82. The molecular weight excluding hydrogens is 266 g/mol. The van der Waals surface area contributed by atoms with E-state index in [9.17, 15) is 9.59 Å². The quantitative estimate of drug-likeness (QED) is 0.803. The van der Waals surface area contributed by atoms with Gasteiger partial charge in [0, 0.05) is 38.0 Å². The van der Waals surface area contributed by atoms with Crippen molar-refractivity contribution in [3.8, 4) is 0 Å². The molecule has 0 radical (unpaired) electrons. The Morgan fingerprint density at radius 1 is 1.24 bits per heavy atom. The molecule has 0 spiro atoms. The van der Waals surface area contributed by atoms with Crippen molar-refractivity contribution < 1.29 is 9.59 Å². The second kappa shape index (κ2) is 7.78. The maximum atomic E-state index is 12.2. The highest BCUT2D eigenvalue weighted by Crippen LogP contribution is 2.23. The SMILES string of the molecule is CC(CC(=O)N(C)C1CCNC1)NC(=O)C1CCCCC1. The van der Waals surface area contributed by atoms with E-state index in [1.54, 1.807) is 0 Å². The molecule has 2 atom stereocenters. The third-order valence-corrected chi connectivity index (χ3v) is 4.82. The zero-order valence-electron chi connectivity index (χ0n) is 13.4. The van der Waals surface area contributed by atoms with Crippen molar-refractivity contribution in [1.29, 1.82) is 0 Å². The first kappa shape index (κ1) is 16.3. The summed E-state index contributed by atoms with van der Waals surface area (Å²) in [6.45, 7) is 3.79. The maximum Gasteiger partial charge on any atom is 0.224 e. The molecule has 2 unspecified atom stereocenters. The highest BCUT2D eigenvalue weighted by atomic mass is 16.2. The largest absolute Gasteiger partial charge is 0.353 e. The van der Waals surface area contributed by atoms with Crippen LogP contribution in [0.5, 0.6) is 0 Å². The number of hydrogen-bond donors (Lipinski definition) is 2. The van der Waals surface area contributed by atoms with E-state index in [0.29, 0.717) is 12.5 Å². The van der Waals surface area contributed by atoms with Crippen LogP contribution in [0.3, 0.4) is 0 Å². The molecule has 2 aliphatic rings. The van der Waals surface area contributed by atoms with E-state index in [1.807, 2.05) is 18.9 Å². The van der Waals surface area contributed by atoms with Gasteiger partial charge in [0.25, 0.3) is 0 Å². The lowest BCUT2D eigenvalue weighted by Crippen LogP contribution is -2.44. The number of rotatable bonds is 5. The molecule has 21 heavy (non-hydrogen) atoms. The van der Waals surface area contributed by atoms with Gasteiger partial charge in [-0.25, -0.2) is 0 Å². The van der Waals surface area contributed by atoms with E-state index in [2.05, 4.69) is 10.6 Å². The van der Waals surface area contributed by atoms with Gasteiger partial charge in [-0.2, -0.15) is 0 Å². The first-order valence-electron chi connectivity index (χ1n) is 8.34. The lowest BCUT2D eigenvalue weighted by Gasteiger charge is -2.27. The zero-order chi connectivity index (χ0) is 15.2. The van der Waals surface area contributed by atoms with Crippen LogP contribution in [-0.4, -0.2) is 48.9 Å². The Morgan fingerprint density at radius 3 is 2.57 bits per heavy atom. The summed E-state index contributed by atoms with van der Waals surface area (Å²) in [7, 11) is 1.87. The van der Waals surface area contributed by atoms with Gasteiger partial charge in [-0.05, 0) is 32.7 Å². The molecule has 5 nitrogen and oxygen atoms in total. The van der Waals surface area contributed by atoms with Gasteiger partial charge in [0.1, 0.15) is 0 Å². The van der Waals surface area contributed by atoms with E-state index < -0.39 is 0 Å². The minimum Gasteiger partial charge on any atom is -0.353 e. The first-order chi connectivity index (χ1) is 10.1. The van der Waals surface area contributed by atoms with Gasteiger partial charge < -0.3 is 15.5 Å². The molecule has 120 valence electrons. The number of nitrogens with zero attached hydrogens (tertiary/aromatic N) is 1. The fourth-order valence-electron chi connectivity index (χ4n) is 3.36. The van der Waals surface area contributed by atoms with Crippen LogP contribution in [0.15, 0.2) is 0 Å². The molecular formula is C16H29N3O2. The highest BCUT2D eigenvalue weighted by molar-refractivity contribution is 5.81. The van der Waals surface area contributed by atoms with Gasteiger partial charge >= 0.3 is 0 Å². The molecule has 2 rings (SSSR count). The van der Waals surface area contributed by atoms with Crippen molar-refractivity contribution in [2.75, 3.05) is 20.1 Å². The summed E-state index contributed by atoms with van der Waals surface area (Å²) in [5, 5.41) is 6.30. The Labute approximate surface area is 127 Å². The molecule has 0 aromatic rings. The van der Waals surface area contributed by atoms with Gasteiger partial charge in [0.15, 0.2) is 0 Å². The van der Waals surface area contributed by atoms with Crippen LogP contribution in [0.1, 0.15) is 51.9 Å². The van der Waals surface area contributed by atoms with Crippen LogP contribution < -0.4 is 10.6 Å². The molecule has 0 bridgehead atoms. The Hall–Kier alpha value is -1.10. The third kappa shape index (κ3) is 4.70. The van der Waals surface area contributed by atoms with Crippen molar-refractivity contribution >= 4 is 11.8 Å². The summed E-state index contributed by atoms with van der Waals surface area (Å²) in [6, 6.07) is 0.225. The lowest BCUT2D eigenvalue weighted by atomic mass is 9.88. The molecule has 0 aromatic carbocycles. The fourth-order valence-corrected chi connectivity index (χ4v) is 3.36. The predicted octanol–water partition coefficient (Wildman–Crippen LogP) is 1.28. The summed E-state index contributed by atoms with van der Waals surface area (Å²) in [4.78, 5) is 26.3. The van der Waals surface area contributed by atoms with Crippen LogP contribution in [-0.2, 0) is 9.59 Å². The van der Waals surface area contributed by atoms with Gasteiger partial charge in [-0.15, -0.1) is 0 Å². The van der Waals surface area contributed by atoms with E-state index in [0.717, 1.165) is 45.2 Å². The molecule has 1 saturated heterocycles. The van der Waals surface area contributed by atoms with Crippen LogP contribution in [0.2, 0.25) is 0 Å². The normalized spacial score (nSPS) is 24.6. The van der Waals surface area contributed by atoms with E-state index in [-0.39, 0.29) is 23.8 Å². The molecule has 1 saturated carbocycles. The van der Waals surface area contributed by atoms with Gasteiger partial charge in [-0.3, -0.25) is 9.59 Å². The Kier molecular flexibility index (Phi) is 6.03. The van der Waals surface area contributed by atoms with Crippen molar-refractivity contribution in [3.63, 3.8) is 0 Å². The number of hydrogen-bond acceptors (Lipinski definition) is 3. The molecule has 0 aromatic heterocycles. The number of likely N-dealkylation sites (N-methyl/N-ethyl adjacent to an activating group) is 1. The Balaban J connectivity index is 1.73. The number of carbonyl (C=O) groups excluding carboxylic acids is 2. The topological polar surface area (TPSA) is 61.4 Å². The smallest absolute Gasteiger partial charge is 0.224 e. The van der Waals surface area contributed by atoms with Crippen LogP contribution in [0, 0.1) is 5.92 Å². The van der Waals surface area contributed by atoms with E-state index in [4.69, 9.17) is 0 Å². The number of carbonyl (C=O) groups is 2.